The maximum absolute atomic E-state index is 6.42. The van der Waals surface area contributed by atoms with E-state index in [1.807, 2.05) is 10.7 Å². The molecule has 108 valence electrons. The van der Waals surface area contributed by atoms with Crippen molar-refractivity contribution in [3.05, 3.63) is 35.0 Å². The molecule has 0 aliphatic heterocycles. The van der Waals surface area contributed by atoms with Crippen LogP contribution in [0.25, 0.3) is 11.3 Å². The molecule has 20 heavy (non-hydrogen) atoms. The summed E-state index contributed by atoms with van der Waals surface area (Å²) in [6, 6.07) is 6.41. The molecular formula is C15H21ClN4. The highest BCUT2D eigenvalue weighted by molar-refractivity contribution is 6.31. The third-order valence-electron chi connectivity index (χ3n) is 3.33. The summed E-state index contributed by atoms with van der Waals surface area (Å²) < 4.78 is 1.92. The molecule has 0 spiro atoms. The Morgan fingerprint density at radius 3 is 2.80 bits per heavy atom. The number of rotatable bonds is 6. The van der Waals surface area contributed by atoms with Crippen LogP contribution in [0.15, 0.2) is 24.4 Å². The SMILES string of the molecule is CCCn1nncc1-c1ccc(C(C)NCC)c(Cl)c1. The third-order valence-corrected chi connectivity index (χ3v) is 3.65. The highest BCUT2D eigenvalue weighted by Crippen LogP contribution is 2.28. The van der Waals surface area contributed by atoms with Gasteiger partial charge in [-0.05, 0) is 31.5 Å². The van der Waals surface area contributed by atoms with Crippen LogP contribution in [0.2, 0.25) is 5.02 Å². The van der Waals surface area contributed by atoms with Crippen LogP contribution in [0.3, 0.4) is 0 Å². The molecular weight excluding hydrogens is 272 g/mol. The molecule has 1 aromatic carbocycles. The van der Waals surface area contributed by atoms with E-state index in [9.17, 15) is 0 Å². The first-order valence-electron chi connectivity index (χ1n) is 7.09. The molecule has 0 saturated heterocycles. The molecule has 1 atom stereocenters. The van der Waals surface area contributed by atoms with Crippen LogP contribution in [-0.4, -0.2) is 21.5 Å². The van der Waals surface area contributed by atoms with E-state index in [-0.39, 0.29) is 6.04 Å². The number of aryl methyl sites for hydroxylation is 1. The average Bonchev–Trinajstić information content (AvgIpc) is 2.87. The molecule has 4 nitrogen and oxygen atoms in total. The lowest BCUT2D eigenvalue weighted by Crippen LogP contribution is -2.18. The zero-order valence-electron chi connectivity index (χ0n) is 12.2. The van der Waals surface area contributed by atoms with E-state index in [1.165, 1.54) is 0 Å². The summed E-state index contributed by atoms with van der Waals surface area (Å²) in [5.74, 6) is 0. The molecule has 0 amide bonds. The number of nitrogens with zero attached hydrogens (tertiary/aromatic N) is 3. The van der Waals surface area contributed by atoms with Gasteiger partial charge >= 0.3 is 0 Å². The van der Waals surface area contributed by atoms with Gasteiger partial charge in [-0.15, -0.1) is 5.10 Å². The van der Waals surface area contributed by atoms with Crippen molar-refractivity contribution in [2.45, 2.75) is 39.8 Å². The van der Waals surface area contributed by atoms with Crippen molar-refractivity contribution >= 4 is 11.6 Å². The molecule has 1 N–H and O–H groups in total. The van der Waals surface area contributed by atoms with Crippen molar-refractivity contribution in [1.29, 1.82) is 0 Å². The van der Waals surface area contributed by atoms with Crippen molar-refractivity contribution < 1.29 is 0 Å². The first-order valence-corrected chi connectivity index (χ1v) is 7.46. The van der Waals surface area contributed by atoms with E-state index in [2.05, 4.69) is 48.5 Å². The Balaban J connectivity index is 2.31. The second kappa shape index (κ2) is 6.86. The Kier molecular flexibility index (Phi) is 5.15. The van der Waals surface area contributed by atoms with Crippen LogP contribution in [0.4, 0.5) is 0 Å². The molecule has 0 aliphatic carbocycles. The van der Waals surface area contributed by atoms with Crippen molar-refractivity contribution in [2.24, 2.45) is 0 Å². The second-order valence-corrected chi connectivity index (χ2v) is 5.27. The van der Waals surface area contributed by atoms with Crippen molar-refractivity contribution in [3.8, 4) is 11.3 Å². The normalized spacial score (nSPS) is 12.6. The minimum atomic E-state index is 0.250. The zero-order chi connectivity index (χ0) is 14.5. The van der Waals surface area contributed by atoms with Crippen LogP contribution in [0, 0.1) is 0 Å². The van der Waals surface area contributed by atoms with Crippen LogP contribution in [0.5, 0.6) is 0 Å². The van der Waals surface area contributed by atoms with Crippen LogP contribution >= 0.6 is 11.6 Å². The van der Waals surface area contributed by atoms with Gasteiger partial charge in [-0.25, -0.2) is 4.68 Å². The first-order chi connectivity index (χ1) is 9.67. The summed E-state index contributed by atoms with van der Waals surface area (Å²) in [5.41, 5.74) is 3.18. The highest BCUT2D eigenvalue weighted by Gasteiger charge is 2.12. The lowest BCUT2D eigenvalue weighted by molar-refractivity contribution is 0.584. The number of nitrogens with one attached hydrogen (secondary N) is 1. The van der Waals surface area contributed by atoms with E-state index in [0.29, 0.717) is 0 Å². The fraction of sp³-hybridized carbons (Fsp3) is 0.467. The van der Waals surface area contributed by atoms with Crippen molar-refractivity contribution in [2.75, 3.05) is 6.54 Å². The van der Waals surface area contributed by atoms with E-state index >= 15 is 0 Å². The largest absolute Gasteiger partial charge is 0.310 e. The molecule has 1 aromatic heterocycles. The summed E-state index contributed by atoms with van der Waals surface area (Å²) in [6.45, 7) is 8.12. The predicted molar refractivity (Wildman–Crippen MR) is 82.9 cm³/mol. The first kappa shape index (κ1) is 15.0. The molecule has 1 unspecified atom stereocenters. The van der Waals surface area contributed by atoms with Gasteiger partial charge < -0.3 is 5.32 Å². The van der Waals surface area contributed by atoms with Gasteiger partial charge in [0, 0.05) is 23.2 Å². The van der Waals surface area contributed by atoms with Crippen molar-refractivity contribution in [1.82, 2.24) is 20.3 Å². The Morgan fingerprint density at radius 2 is 2.15 bits per heavy atom. The lowest BCUT2D eigenvalue weighted by atomic mass is 10.0. The summed E-state index contributed by atoms with van der Waals surface area (Å²) >= 11 is 6.42. The number of hydrogen-bond acceptors (Lipinski definition) is 3. The fourth-order valence-electron chi connectivity index (χ4n) is 2.31. The molecule has 0 bridgehead atoms. The highest BCUT2D eigenvalue weighted by atomic mass is 35.5. The lowest BCUT2D eigenvalue weighted by Gasteiger charge is -2.15. The molecule has 2 rings (SSSR count). The van der Waals surface area contributed by atoms with Gasteiger partial charge in [-0.2, -0.15) is 0 Å². The van der Waals surface area contributed by atoms with E-state index in [0.717, 1.165) is 41.4 Å². The number of halogens is 1. The molecule has 0 fully saturated rings. The van der Waals surface area contributed by atoms with Gasteiger partial charge in [0.2, 0.25) is 0 Å². The standard InChI is InChI=1S/C15H21ClN4/c1-4-8-20-15(10-18-19-20)12-6-7-13(14(16)9-12)11(3)17-5-2/h6-7,9-11,17H,4-5,8H2,1-3H3. The van der Waals surface area contributed by atoms with Crippen LogP contribution < -0.4 is 5.32 Å². The Morgan fingerprint density at radius 1 is 1.35 bits per heavy atom. The summed E-state index contributed by atoms with van der Waals surface area (Å²) in [4.78, 5) is 0. The monoisotopic (exact) mass is 292 g/mol. The topological polar surface area (TPSA) is 42.7 Å². The minimum Gasteiger partial charge on any atom is -0.310 e. The quantitative estimate of drug-likeness (QED) is 0.883. The molecule has 0 radical (unpaired) electrons. The maximum Gasteiger partial charge on any atom is 0.0886 e. The molecule has 0 aliphatic rings. The third kappa shape index (κ3) is 3.19. The molecule has 5 heteroatoms. The van der Waals surface area contributed by atoms with E-state index in [1.54, 1.807) is 6.20 Å². The number of aromatic nitrogens is 3. The van der Waals surface area contributed by atoms with Crippen LogP contribution in [-0.2, 0) is 6.54 Å². The predicted octanol–water partition coefficient (Wildman–Crippen LogP) is 3.68. The van der Waals surface area contributed by atoms with Crippen molar-refractivity contribution in [3.63, 3.8) is 0 Å². The minimum absolute atomic E-state index is 0.250. The number of hydrogen-bond donors (Lipinski definition) is 1. The van der Waals surface area contributed by atoms with Gasteiger partial charge in [0.25, 0.3) is 0 Å². The Hall–Kier alpha value is -1.39. The van der Waals surface area contributed by atoms with E-state index in [4.69, 9.17) is 11.6 Å². The van der Waals surface area contributed by atoms with Crippen LogP contribution in [0.1, 0.15) is 38.8 Å². The number of benzene rings is 1. The Labute approximate surface area is 125 Å². The average molecular weight is 293 g/mol. The second-order valence-electron chi connectivity index (χ2n) is 4.86. The smallest absolute Gasteiger partial charge is 0.0886 e. The zero-order valence-corrected chi connectivity index (χ0v) is 13.0. The summed E-state index contributed by atoms with van der Waals surface area (Å²) in [6.07, 6.45) is 2.81. The molecule has 2 aromatic rings. The van der Waals surface area contributed by atoms with Gasteiger partial charge in [-0.1, -0.05) is 42.8 Å². The maximum atomic E-state index is 6.42. The molecule has 0 saturated carbocycles. The molecule has 1 heterocycles. The summed E-state index contributed by atoms with van der Waals surface area (Å²) in [5, 5.41) is 12.3. The fourth-order valence-corrected chi connectivity index (χ4v) is 2.66. The van der Waals surface area contributed by atoms with Gasteiger partial charge in [0.15, 0.2) is 0 Å². The summed E-state index contributed by atoms with van der Waals surface area (Å²) in [7, 11) is 0. The van der Waals surface area contributed by atoms with Gasteiger partial charge in [-0.3, -0.25) is 0 Å². The van der Waals surface area contributed by atoms with E-state index < -0.39 is 0 Å². The Bertz CT molecular complexity index is 565. The van der Waals surface area contributed by atoms with Gasteiger partial charge in [0.1, 0.15) is 0 Å². The van der Waals surface area contributed by atoms with Gasteiger partial charge in [0.05, 0.1) is 11.9 Å².